The van der Waals surface area contributed by atoms with E-state index >= 15 is 0 Å². The normalized spacial score (nSPS) is 12.3. The van der Waals surface area contributed by atoms with Crippen molar-refractivity contribution in [1.82, 2.24) is 18.9 Å². The van der Waals surface area contributed by atoms with Crippen LogP contribution in [0, 0.1) is 0 Å². The highest BCUT2D eigenvalue weighted by Crippen LogP contribution is 2.47. The summed E-state index contributed by atoms with van der Waals surface area (Å²) < 4.78 is 4.80. The fourth-order valence-electron chi connectivity index (χ4n) is 7.94. The second-order valence-corrected chi connectivity index (χ2v) is 12.2. The Morgan fingerprint density at radius 3 is 1.96 bits per heavy atom. The third-order valence-electron chi connectivity index (χ3n) is 9.82. The Kier molecular flexibility index (Phi) is 4.55. The molecule has 0 fully saturated rings. The Morgan fingerprint density at radius 1 is 0.413 bits per heavy atom. The van der Waals surface area contributed by atoms with Crippen LogP contribution in [-0.2, 0) is 0 Å². The molecule has 0 bridgehead atoms. The summed E-state index contributed by atoms with van der Waals surface area (Å²) in [5, 5.41) is 11.0. The van der Waals surface area contributed by atoms with Crippen molar-refractivity contribution in [3.8, 4) is 17.2 Å². The topological polar surface area (TPSA) is 35.1 Å². The van der Waals surface area contributed by atoms with E-state index in [1.807, 2.05) is 6.07 Å². The van der Waals surface area contributed by atoms with E-state index in [2.05, 4.69) is 148 Å². The van der Waals surface area contributed by atoms with E-state index in [9.17, 15) is 0 Å². The zero-order valence-electron chi connectivity index (χ0n) is 24.6. The summed E-state index contributed by atoms with van der Waals surface area (Å²) >= 11 is 0. The lowest BCUT2D eigenvalue weighted by Gasteiger charge is -2.12. The van der Waals surface area contributed by atoms with Crippen molar-refractivity contribution in [2.24, 2.45) is 0 Å². The molecule has 11 aromatic rings. The summed E-state index contributed by atoms with van der Waals surface area (Å²) in [5.41, 5.74) is 8.89. The molecule has 11 rings (SSSR count). The van der Waals surface area contributed by atoms with Gasteiger partial charge in [0.05, 0.1) is 38.8 Å². The highest BCUT2D eigenvalue weighted by Gasteiger charge is 2.26. The van der Waals surface area contributed by atoms with E-state index in [1.54, 1.807) is 0 Å². The zero-order chi connectivity index (χ0) is 29.9. The molecule has 0 spiro atoms. The molecular weight excluding hydrogens is 560 g/mol. The highest BCUT2D eigenvalue weighted by atomic mass is 15.2. The quantitative estimate of drug-likeness (QED) is 0.203. The van der Waals surface area contributed by atoms with Gasteiger partial charge in [0.1, 0.15) is 0 Å². The van der Waals surface area contributed by atoms with Gasteiger partial charge in [0, 0.05) is 48.7 Å². The van der Waals surface area contributed by atoms with Gasteiger partial charge in [-0.05, 0) is 29.7 Å². The maximum Gasteiger partial charge on any atom is 0.235 e. The molecule has 0 N–H and O–H groups in total. The Labute approximate surface area is 262 Å². The van der Waals surface area contributed by atoms with Crippen LogP contribution in [-0.4, -0.2) is 18.9 Å². The molecule has 0 atom stereocenters. The van der Waals surface area contributed by atoms with Crippen LogP contribution in [0.25, 0.3) is 98.8 Å². The lowest BCUT2D eigenvalue weighted by Crippen LogP contribution is -2.03. The molecule has 7 aromatic carbocycles. The lowest BCUT2D eigenvalue weighted by molar-refractivity contribution is 1.02. The van der Waals surface area contributed by atoms with Crippen molar-refractivity contribution in [2.75, 3.05) is 0 Å². The van der Waals surface area contributed by atoms with Crippen LogP contribution in [0.15, 0.2) is 146 Å². The largest absolute Gasteiger partial charge is 0.307 e. The van der Waals surface area contributed by atoms with Gasteiger partial charge in [-0.1, -0.05) is 121 Å². The first-order chi connectivity index (χ1) is 22.8. The smallest absolute Gasteiger partial charge is 0.235 e. The van der Waals surface area contributed by atoms with Crippen LogP contribution >= 0.6 is 0 Å². The molecule has 4 aromatic heterocycles. The molecule has 4 heteroatoms. The Bertz CT molecular complexity index is 3020. The number of hydrogen-bond acceptors (Lipinski definition) is 2. The predicted molar refractivity (Wildman–Crippen MR) is 191 cm³/mol. The lowest BCUT2D eigenvalue weighted by atomic mass is 10.0. The Balaban J connectivity index is 1.40. The molecule has 4 heterocycles. The third-order valence-corrected chi connectivity index (χ3v) is 9.82. The monoisotopic (exact) mass is 584 g/mol. The van der Waals surface area contributed by atoms with Crippen LogP contribution in [0.2, 0.25) is 0 Å². The molecule has 0 saturated heterocycles. The molecule has 0 aliphatic heterocycles. The number of nitrogens with zero attached hydrogens (tertiary/aromatic N) is 4. The molecule has 0 saturated carbocycles. The number of rotatable bonds is 2. The predicted octanol–water partition coefficient (Wildman–Crippen LogP) is 10.7. The minimum atomic E-state index is 0.678. The maximum absolute atomic E-state index is 5.37. The van der Waals surface area contributed by atoms with Gasteiger partial charge in [-0.2, -0.15) is 0 Å². The van der Waals surface area contributed by atoms with E-state index < -0.39 is 0 Å². The first kappa shape index (κ1) is 24.1. The van der Waals surface area contributed by atoms with E-state index in [0.717, 1.165) is 33.2 Å². The number of hydrogen-bond donors (Lipinski definition) is 0. The molecule has 0 aliphatic rings. The van der Waals surface area contributed by atoms with E-state index in [1.165, 1.54) is 59.6 Å². The average molecular weight is 585 g/mol. The van der Waals surface area contributed by atoms with Crippen LogP contribution in [0.1, 0.15) is 0 Å². The standard InChI is InChI=1S/C42H24N4/c1-2-13-26(14-3-1)38-30-17-6-9-19-34(30)43-42(44-38)46-35-20-10-7-16-28(35)32-24-33-29-23-22-25-12-4-5-15-27(25)39(29)45-36-21-11-8-18-31(36)37(40(33)45)41(32)46/h1-24H. The number of para-hydroxylation sites is 3. The third kappa shape index (κ3) is 2.98. The van der Waals surface area contributed by atoms with Crippen molar-refractivity contribution in [3.63, 3.8) is 0 Å². The second-order valence-electron chi connectivity index (χ2n) is 12.2. The fraction of sp³-hybridized carbons (Fsp3) is 0. The van der Waals surface area contributed by atoms with E-state index in [-0.39, 0.29) is 0 Å². The van der Waals surface area contributed by atoms with Crippen LogP contribution in [0.3, 0.4) is 0 Å². The zero-order valence-corrected chi connectivity index (χ0v) is 24.6. The Hall–Kier alpha value is -6.26. The van der Waals surface area contributed by atoms with Crippen molar-refractivity contribution >= 4 is 81.6 Å². The second kappa shape index (κ2) is 8.68. The minimum Gasteiger partial charge on any atom is -0.307 e. The summed E-state index contributed by atoms with van der Waals surface area (Å²) in [6, 6.07) is 52.0. The van der Waals surface area contributed by atoms with Crippen molar-refractivity contribution < 1.29 is 0 Å². The van der Waals surface area contributed by atoms with Gasteiger partial charge in [0.25, 0.3) is 0 Å². The summed E-state index contributed by atoms with van der Waals surface area (Å²) in [7, 11) is 0. The Morgan fingerprint density at radius 2 is 1.09 bits per heavy atom. The van der Waals surface area contributed by atoms with Gasteiger partial charge >= 0.3 is 0 Å². The van der Waals surface area contributed by atoms with E-state index in [0.29, 0.717) is 5.95 Å². The van der Waals surface area contributed by atoms with Crippen molar-refractivity contribution in [2.45, 2.75) is 0 Å². The number of fused-ring (bicyclic) bond motifs is 13. The minimum absolute atomic E-state index is 0.678. The molecule has 0 unspecified atom stereocenters. The SMILES string of the molecule is c1ccc(-c2nc(-n3c4ccccc4c4cc5c6ccc7ccccc7c6n6c7ccccc7c(c43)c56)nc3ccccc23)cc1. The van der Waals surface area contributed by atoms with Gasteiger partial charge in [0.15, 0.2) is 0 Å². The summed E-state index contributed by atoms with van der Waals surface area (Å²) in [6.45, 7) is 0. The van der Waals surface area contributed by atoms with Gasteiger partial charge in [-0.15, -0.1) is 0 Å². The molecule has 0 radical (unpaired) electrons. The van der Waals surface area contributed by atoms with Gasteiger partial charge in [-0.3, -0.25) is 4.57 Å². The van der Waals surface area contributed by atoms with Crippen molar-refractivity contribution in [3.05, 3.63) is 146 Å². The average Bonchev–Trinajstić information content (AvgIpc) is 3.76. The molecule has 0 amide bonds. The maximum atomic E-state index is 5.37. The summed E-state index contributed by atoms with van der Waals surface area (Å²) in [6.07, 6.45) is 0. The molecule has 4 nitrogen and oxygen atoms in total. The molecular formula is C42H24N4. The highest BCUT2D eigenvalue weighted by molar-refractivity contribution is 6.35. The molecule has 212 valence electrons. The van der Waals surface area contributed by atoms with Gasteiger partial charge in [0.2, 0.25) is 5.95 Å². The first-order valence-electron chi connectivity index (χ1n) is 15.7. The summed E-state index contributed by atoms with van der Waals surface area (Å²) in [5.74, 6) is 0.678. The van der Waals surface area contributed by atoms with Crippen LogP contribution in [0.5, 0.6) is 0 Å². The summed E-state index contributed by atoms with van der Waals surface area (Å²) in [4.78, 5) is 10.6. The number of aromatic nitrogens is 4. The van der Waals surface area contributed by atoms with Crippen LogP contribution < -0.4 is 0 Å². The van der Waals surface area contributed by atoms with Crippen LogP contribution in [0.4, 0.5) is 0 Å². The van der Waals surface area contributed by atoms with Gasteiger partial charge < -0.3 is 4.40 Å². The molecule has 0 aliphatic carbocycles. The van der Waals surface area contributed by atoms with E-state index in [4.69, 9.17) is 9.97 Å². The molecule has 46 heavy (non-hydrogen) atoms. The fourth-order valence-corrected chi connectivity index (χ4v) is 7.94. The number of benzene rings is 7. The van der Waals surface area contributed by atoms with Crippen molar-refractivity contribution in [1.29, 1.82) is 0 Å². The first-order valence-corrected chi connectivity index (χ1v) is 15.7. The van der Waals surface area contributed by atoms with Gasteiger partial charge in [-0.25, -0.2) is 9.97 Å².